The predicted molar refractivity (Wildman–Crippen MR) is 47.6 cm³/mol. The van der Waals surface area contributed by atoms with Crippen molar-refractivity contribution in [1.82, 2.24) is 0 Å². The minimum atomic E-state index is -1.77. The van der Waals surface area contributed by atoms with Crippen molar-refractivity contribution in [3.63, 3.8) is 0 Å². The molecule has 1 rings (SSSR count). The Morgan fingerprint density at radius 1 is 1.44 bits per heavy atom. The Morgan fingerprint density at radius 2 is 2.00 bits per heavy atom. The molecular formula is C8H6F2N2O4. The minimum Gasteiger partial charge on any atom is -0.480 e. The lowest BCUT2D eigenvalue weighted by molar-refractivity contribution is -0.387. The van der Waals surface area contributed by atoms with Crippen molar-refractivity contribution in [2.75, 3.05) is 0 Å². The first-order valence-corrected chi connectivity index (χ1v) is 3.96. The van der Waals surface area contributed by atoms with Crippen LogP contribution in [0.1, 0.15) is 11.6 Å². The van der Waals surface area contributed by atoms with E-state index in [1.165, 1.54) is 0 Å². The Morgan fingerprint density at radius 3 is 2.44 bits per heavy atom. The van der Waals surface area contributed by atoms with Gasteiger partial charge < -0.3 is 10.8 Å². The lowest BCUT2D eigenvalue weighted by Crippen LogP contribution is -2.22. The van der Waals surface area contributed by atoms with Crippen LogP contribution in [0.5, 0.6) is 0 Å². The maximum atomic E-state index is 13.2. The summed E-state index contributed by atoms with van der Waals surface area (Å²) in [5.74, 6) is -4.13. The van der Waals surface area contributed by atoms with Gasteiger partial charge in [0.2, 0.25) is 5.82 Å². The van der Waals surface area contributed by atoms with Crippen molar-refractivity contribution in [1.29, 1.82) is 0 Å². The number of nitrogens with zero attached hydrogens (tertiary/aromatic N) is 1. The Labute approximate surface area is 87.4 Å². The molecule has 0 bridgehead atoms. The molecule has 1 atom stereocenters. The van der Waals surface area contributed by atoms with Crippen LogP contribution in [0.2, 0.25) is 0 Å². The Kier molecular flexibility index (Phi) is 3.14. The number of nitrogens with two attached hydrogens (primary N) is 1. The van der Waals surface area contributed by atoms with E-state index in [9.17, 15) is 23.7 Å². The molecule has 0 amide bonds. The van der Waals surface area contributed by atoms with Crippen LogP contribution in [0.25, 0.3) is 0 Å². The summed E-state index contributed by atoms with van der Waals surface area (Å²) >= 11 is 0. The molecule has 0 spiro atoms. The van der Waals surface area contributed by atoms with Gasteiger partial charge in [0.15, 0.2) is 0 Å². The van der Waals surface area contributed by atoms with Crippen LogP contribution in [-0.4, -0.2) is 16.0 Å². The average Bonchev–Trinajstić information content (AvgIpc) is 2.19. The van der Waals surface area contributed by atoms with Gasteiger partial charge in [0.05, 0.1) is 11.0 Å². The Balaban J connectivity index is 3.31. The topological polar surface area (TPSA) is 106 Å². The normalized spacial score (nSPS) is 12.2. The Hall–Kier alpha value is -2.09. The quantitative estimate of drug-likeness (QED) is 0.596. The fraction of sp³-hybridized carbons (Fsp3) is 0.125. The summed E-state index contributed by atoms with van der Waals surface area (Å²) in [6.45, 7) is 0. The summed E-state index contributed by atoms with van der Waals surface area (Å²) in [7, 11) is 0. The molecule has 0 radical (unpaired) electrons. The molecule has 0 fully saturated rings. The molecule has 0 aliphatic heterocycles. The van der Waals surface area contributed by atoms with Gasteiger partial charge >= 0.3 is 11.7 Å². The zero-order chi connectivity index (χ0) is 12.5. The van der Waals surface area contributed by atoms with Crippen LogP contribution in [0.15, 0.2) is 12.1 Å². The fourth-order valence-electron chi connectivity index (χ4n) is 1.06. The third-order valence-electron chi connectivity index (χ3n) is 1.86. The number of rotatable bonds is 3. The molecule has 0 heterocycles. The molecule has 0 saturated carbocycles. The van der Waals surface area contributed by atoms with Gasteiger partial charge in [-0.25, -0.2) is 4.39 Å². The second-order valence-corrected chi connectivity index (χ2v) is 2.90. The highest BCUT2D eigenvalue weighted by molar-refractivity contribution is 5.75. The molecule has 3 N–H and O–H groups in total. The van der Waals surface area contributed by atoms with Gasteiger partial charge in [-0.2, -0.15) is 4.39 Å². The molecular weight excluding hydrogens is 226 g/mol. The number of carboxylic acid groups (broad SMARTS) is 1. The number of nitro benzene ring substituents is 1. The van der Waals surface area contributed by atoms with E-state index in [0.29, 0.717) is 12.1 Å². The fourth-order valence-corrected chi connectivity index (χ4v) is 1.06. The maximum Gasteiger partial charge on any atom is 0.325 e. The first kappa shape index (κ1) is 12.0. The van der Waals surface area contributed by atoms with Gasteiger partial charge in [-0.1, -0.05) is 0 Å². The number of benzene rings is 1. The first-order chi connectivity index (χ1) is 7.34. The van der Waals surface area contributed by atoms with E-state index < -0.39 is 39.8 Å². The average molecular weight is 232 g/mol. The van der Waals surface area contributed by atoms with Gasteiger partial charge in [-0.05, 0) is 6.07 Å². The van der Waals surface area contributed by atoms with Gasteiger partial charge in [-0.15, -0.1) is 0 Å². The van der Waals surface area contributed by atoms with Crippen molar-refractivity contribution in [2.24, 2.45) is 5.73 Å². The molecule has 0 saturated heterocycles. The van der Waals surface area contributed by atoms with Gasteiger partial charge in [0.25, 0.3) is 0 Å². The summed E-state index contributed by atoms with van der Waals surface area (Å²) in [6.07, 6.45) is 0. The lowest BCUT2D eigenvalue weighted by Gasteiger charge is -2.07. The van der Waals surface area contributed by atoms with E-state index in [2.05, 4.69) is 0 Å². The number of carboxylic acids is 1. The van der Waals surface area contributed by atoms with Crippen molar-refractivity contribution in [3.8, 4) is 0 Å². The van der Waals surface area contributed by atoms with Crippen LogP contribution in [-0.2, 0) is 4.79 Å². The monoisotopic (exact) mass is 232 g/mol. The number of hydrogen-bond donors (Lipinski definition) is 2. The zero-order valence-corrected chi connectivity index (χ0v) is 7.68. The lowest BCUT2D eigenvalue weighted by atomic mass is 10.1. The van der Waals surface area contributed by atoms with Gasteiger partial charge in [0, 0.05) is 5.56 Å². The first-order valence-electron chi connectivity index (χ1n) is 3.96. The van der Waals surface area contributed by atoms with E-state index in [1.807, 2.05) is 0 Å². The molecule has 0 aliphatic rings. The van der Waals surface area contributed by atoms with Gasteiger partial charge in [-0.3, -0.25) is 14.9 Å². The molecule has 6 nitrogen and oxygen atoms in total. The van der Waals surface area contributed by atoms with Crippen LogP contribution in [0, 0.1) is 21.7 Å². The number of nitro groups is 1. The Bertz CT molecular complexity index is 464. The highest BCUT2D eigenvalue weighted by Crippen LogP contribution is 2.24. The molecule has 0 aliphatic carbocycles. The largest absolute Gasteiger partial charge is 0.480 e. The molecule has 1 unspecified atom stereocenters. The molecule has 8 heteroatoms. The molecule has 86 valence electrons. The molecule has 1 aromatic carbocycles. The SMILES string of the molecule is NC(C(=O)O)c1cc(F)c([N+](=O)[O-])cc1F. The molecule has 16 heavy (non-hydrogen) atoms. The highest BCUT2D eigenvalue weighted by Gasteiger charge is 2.24. The van der Waals surface area contributed by atoms with Crippen LogP contribution in [0.3, 0.4) is 0 Å². The van der Waals surface area contributed by atoms with Crippen molar-refractivity contribution in [3.05, 3.63) is 39.4 Å². The third-order valence-corrected chi connectivity index (χ3v) is 1.86. The molecule has 1 aromatic rings. The smallest absolute Gasteiger partial charge is 0.325 e. The van der Waals surface area contributed by atoms with E-state index >= 15 is 0 Å². The third kappa shape index (κ3) is 2.11. The summed E-state index contributed by atoms with van der Waals surface area (Å²) in [5, 5.41) is 18.7. The summed E-state index contributed by atoms with van der Waals surface area (Å²) in [5.41, 5.74) is 3.34. The number of aliphatic carboxylic acids is 1. The molecule has 0 aromatic heterocycles. The number of carbonyl (C=O) groups is 1. The van der Waals surface area contributed by atoms with Crippen molar-refractivity contribution < 1.29 is 23.6 Å². The minimum absolute atomic E-state index is 0.299. The van der Waals surface area contributed by atoms with Crippen LogP contribution < -0.4 is 5.73 Å². The predicted octanol–water partition coefficient (Wildman–Crippen LogP) is 0.957. The van der Waals surface area contributed by atoms with Gasteiger partial charge in [0.1, 0.15) is 11.9 Å². The second kappa shape index (κ2) is 4.19. The van der Waals surface area contributed by atoms with Crippen LogP contribution in [0.4, 0.5) is 14.5 Å². The summed E-state index contributed by atoms with van der Waals surface area (Å²) < 4.78 is 26.2. The summed E-state index contributed by atoms with van der Waals surface area (Å²) in [4.78, 5) is 19.6. The second-order valence-electron chi connectivity index (χ2n) is 2.90. The number of halogens is 2. The van der Waals surface area contributed by atoms with Crippen molar-refractivity contribution in [2.45, 2.75) is 6.04 Å². The van der Waals surface area contributed by atoms with E-state index in [4.69, 9.17) is 10.8 Å². The maximum absolute atomic E-state index is 13.2. The van der Waals surface area contributed by atoms with Crippen LogP contribution >= 0.6 is 0 Å². The van der Waals surface area contributed by atoms with E-state index in [1.54, 1.807) is 0 Å². The van der Waals surface area contributed by atoms with E-state index in [0.717, 1.165) is 0 Å². The highest BCUT2D eigenvalue weighted by atomic mass is 19.1. The summed E-state index contributed by atoms with van der Waals surface area (Å²) in [6, 6.07) is -1.06. The zero-order valence-electron chi connectivity index (χ0n) is 7.68. The van der Waals surface area contributed by atoms with Crippen molar-refractivity contribution >= 4 is 11.7 Å². The van der Waals surface area contributed by atoms with E-state index in [-0.39, 0.29) is 0 Å². The number of hydrogen-bond acceptors (Lipinski definition) is 4. The standard InChI is InChI=1S/C8H6F2N2O4/c9-4-2-6(12(15)16)5(10)1-3(4)7(11)8(13)14/h1-2,7H,11H2,(H,13,14).